The zero-order valence-corrected chi connectivity index (χ0v) is 18.6. The molecule has 0 saturated carbocycles. The van der Waals surface area contributed by atoms with E-state index in [-0.39, 0.29) is 23.1 Å². The Morgan fingerprint density at radius 2 is 1.83 bits per heavy atom. The topological polar surface area (TPSA) is 101 Å². The molecule has 1 fully saturated rings. The predicted molar refractivity (Wildman–Crippen MR) is 111 cm³/mol. The van der Waals surface area contributed by atoms with E-state index in [1.54, 1.807) is 49.8 Å². The van der Waals surface area contributed by atoms with E-state index in [0.29, 0.717) is 30.9 Å². The van der Waals surface area contributed by atoms with Gasteiger partial charge in [0.2, 0.25) is 20.0 Å². The van der Waals surface area contributed by atoms with Crippen molar-refractivity contribution < 1.29 is 16.8 Å². The predicted octanol–water partition coefficient (Wildman–Crippen LogP) is 1.56. The van der Waals surface area contributed by atoms with Crippen molar-refractivity contribution >= 4 is 20.0 Å². The van der Waals surface area contributed by atoms with Crippen molar-refractivity contribution in [2.24, 2.45) is 13.0 Å². The summed E-state index contributed by atoms with van der Waals surface area (Å²) in [6.45, 7) is 4.39. The van der Waals surface area contributed by atoms with Gasteiger partial charge in [-0.15, -0.1) is 0 Å². The molecule has 1 atom stereocenters. The zero-order valence-electron chi connectivity index (χ0n) is 17.0. The standard InChI is InChI=1S/C19H28N4O4S2/c1-15-19(16(2)22(3)21-15)29(26,27)23-11-7-10-18(13-23)12-20-28(24,25)14-17-8-5-4-6-9-17/h4-6,8-9,18,20H,7,10-14H2,1-3H3. The van der Waals surface area contributed by atoms with E-state index in [2.05, 4.69) is 9.82 Å². The van der Waals surface area contributed by atoms with Gasteiger partial charge in [-0.3, -0.25) is 4.68 Å². The highest BCUT2D eigenvalue weighted by Crippen LogP contribution is 2.27. The lowest BCUT2D eigenvalue weighted by Crippen LogP contribution is -2.44. The SMILES string of the molecule is Cc1nn(C)c(C)c1S(=O)(=O)N1CCCC(CNS(=O)(=O)Cc2ccccc2)C1. The van der Waals surface area contributed by atoms with Crippen molar-refractivity contribution in [3.63, 3.8) is 0 Å². The van der Waals surface area contributed by atoms with Crippen molar-refractivity contribution in [3.8, 4) is 0 Å². The molecular formula is C19H28N4O4S2. The first kappa shape index (κ1) is 21.9. The Bertz CT molecular complexity index is 1060. The molecule has 1 aromatic carbocycles. The molecule has 0 spiro atoms. The maximum Gasteiger partial charge on any atom is 0.246 e. The second kappa shape index (κ2) is 8.55. The van der Waals surface area contributed by atoms with Crippen molar-refractivity contribution in [3.05, 3.63) is 47.3 Å². The summed E-state index contributed by atoms with van der Waals surface area (Å²) in [7, 11) is -5.42. The van der Waals surface area contributed by atoms with Crippen LogP contribution in [0.1, 0.15) is 29.8 Å². The molecule has 1 aromatic heterocycles. The van der Waals surface area contributed by atoms with E-state index in [1.807, 2.05) is 6.07 Å². The summed E-state index contributed by atoms with van der Waals surface area (Å²) in [4.78, 5) is 0.255. The third kappa shape index (κ3) is 5.06. The van der Waals surface area contributed by atoms with Gasteiger partial charge < -0.3 is 0 Å². The Balaban J connectivity index is 1.66. The Morgan fingerprint density at radius 1 is 1.14 bits per heavy atom. The van der Waals surface area contributed by atoms with Crippen LogP contribution in [0.3, 0.4) is 0 Å². The number of nitrogens with one attached hydrogen (secondary N) is 1. The van der Waals surface area contributed by atoms with Crippen LogP contribution in [0.4, 0.5) is 0 Å². The molecule has 10 heteroatoms. The van der Waals surface area contributed by atoms with E-state index < -0.39 is 20.0 Å². The number of rotatable bonds is 7. The lowest BCUT2D eigenvalue weighted by atomic mass is 10.0. The third-order valence-corrected chi connectivity index (χ3v) is 8.75. The average molecular weight is 441 g/mol. The van der Waals surface area contributed by atoms with Gasteiger partial charge in [-0.1, -0.05) is 30.3 Å². The van der Waals surface area contributed by atoms with E-state index in [0.717, 1.165) is 12.0 Å². The van der Waals surface area contributed by atoms with Crippen molar-refractivity contribution in [2.45, 2.75) is 37.3 Å². The van der Waals surface area contributed by atoms with Gasteiger partial charge in [0.15, 0.2) is 0 Å². The molecule has 3 rings (SSSR count). The lowest BCUT2D eigenvalue weighted by Gasteiger charge is -2.32. The smallest absolute Gasteiger partial charge is 0.246 e. The summed E-state index contributed by atoms with van der Waals surface area (Å²) < 4.78 is 56.8. The van der Waals surface area contributed by atoms with Crippen LogP contribution < -0.4 is 4.72 Å². The van der Waals surface area contributed by atoms with Gasteiger partial charge in [-0.25, -0.2) is 21.6 Å². The van der Waals surface area contributed by atoms with Crippen LogP contribution >= 0.6 is 0 Å². The van der Waals surface area contributed by atoms with Gasteiger partial charge in [0, 0.05) is 26.7 Å². The molecule has 1 N–H and O–H groups in total. The molecule has 0 radical (unpaired) electrons. The molecule has 2 aromatic rings. The number of aromatic nitrogens is 2. The minimum absolute atomic E-state index is 0.0682. The second-order valence-corrected chi connectivity index (χ2v) is 11.3. The molecule has 1 aliphatic rings. The van der Waals surface area contributed by atoms with E-state index in [4.69, 9.17) is 0 Å². The third-order valence-electron chi connectivity index (χ3n) is 5.31. The summed E-state index contributed by atoms with van der Waals surface area (Å²) >= 11 is 0. The molecule has 8 nitrogen and oxygen atoms in total. The summed E-state index contributed by atoms with van der Waals surface area (Å²) in [6.07, 6.45) is 1.48. The molecule has 1 aliphatic heterocycles. The van der Waals surface area contributed by atoms with Crippen LogP contribution in [0.2, 0.25) is 0 Å². The first-order valence-electron chi connectivity index (χ1n) is 9.62. The van der Waals surface area contributed by atoms with Crippen LogP contribution in [0.25, 0.3) is 0 Å². The van der Waals surface area contributed by atoms with Crippen molar-refractivity contribution in [1.82, 2.24) is 18.8 Å². The van der Waals surface area contributed by atoms with E-state index in [9.17, 15) is 16.8 Å². The van der Waals surface area contributed by atoms with Crippen LogP contribution in [-0.2, 0) is 32.8 Å². The average Bonchev–Trinajstić information content (AvgIpc) is 2.93. The zero-order chi connectivity index (χ0) is 21.2. The number of sulfonamides is 2. The number of hydrogen-bond donors (Lipinski definition) is 1. The Labute approximate surface area is 173 Å². The highest BCUT2D eigenvalue weighted by molar-refractivity contribution is 7.89. The number of benzene rings is 1. The summed E-state index contributed by atoms with van der Waals surface area (Å²) in [6, 6.07) is 8.99. The minimum Gasteiger partial charge on any atom is -0.271 e. The summed E-state index contributed by atoms with van der Waals surface area (Å²) in [5, 5.41) is 4.22. The molecule has 1 unspecified atom stereocenters. The Hall–Kier alpha value is -1.75. The number of nitrogens with zero attached hydrogens (tertiary/aromatic N) is 3. The second-order valence-electron chi connectivity index (χ2n) is 7.59. The summed E-state index contributed by atoms with van der Waals surface area (Å²) in [5.74, 6) is -0.155. The quantitative estimate of drug-likeness (QED) is 0.704. The molecule has 160 valence electrons. The molecule has 0 bridgehead atoms. The highest BCUT2D eigenvalue weighted by atomic mass is 32.2. The Kier molecular flexibility index (Phi) is 6.47. The lowest BCUT2D eigenvalue weighted by molar-refractivity contribution is 0.267. The fourth-order valence-corrected chi connectivity index (χ4v) is 6.94. The summed E-state index contributed by atoms with van der Waals surface area (Å²) in [5.41, 5.74) is 1.80. The van der Waals surface area contributed by atoms with Gasteiger partial charge in [0.1, 0.15) is 4.90 Å². The molecule has 1 saturated heterocycles. The van der Waals surface area contributed by atoms with Gasteiger partial charge in [0.05, 0.1) is 17.1 Å². The minimum atomic E-state index is -3.67. The maximum atomic E-state index is 13.2. The highest BCUT2D eigenvalue weighted by Gasteiger charge is 2.34. The molecule has 0 aliphatic carbocycles. The molecule has 29 heavy (non-hydrogen) atoms. The van der Waals surface area contributed by atoms with Gasteiger partial charge >= 0.3 is 0 Å². The first-order chi connectivity index (χ1) is 13.6. The van der Waals surface area contributed by atoms with Gasteiger partial charge in [0.25, 0.3) is 0 Å². The molecular weight excluding hydrogens is 412 g/mol. The fourth-order valence-electron chi connectivity index (χ4n) is 3.76. The van der Waals surface area contributed by atoms with Crippen LogP contribution in [0.5, 0.6) is 0 Å². The van der Waals surface area contributed by atoms with Gasteiger partial charge in [-0.05, 0) is 38.2 Å². The number of hydrogen-bond acceptors (Lipinski definition) is 5. The van der Waals surface area contributed by atoms with Crippen LogP contribution in [0.15, 0.2) is 35.2 Å². The van der Waals surface area contributed by atoms with E-state index in [1.165, 1.54) is 4.31 Å². The van der Waals surface area contributed by atoms with Crippen molar-refractivity contribution in [1.29, 1.82) is 0 Å². The van der Waals surface area contributed by atoms with Crippen molar-refractivity contribution in [2.75, 3.05) is 19.6 Å². The molecule has 2 heterocycles. The molecule has 0 amide bonds. The van der Waals surface area contributed by atoms with Crippen LogP contribution in [0, 0.1) is 19.8 Å². The number of piperidine rings is 1. The maximum absolute atomic E-state index is 13.2. The Morgan fingerprint density at radius 3 is 2.45 bits per heavy atom. The monoisotopic (exact) mass is 440 g/mol. The van der Waals surface area contributed by atoms with Crippen LogP contribution in [-0.4, -0.2) is 50.6 Å². The fraction of sp³-hybridized carbons (Fsp3) is 0.526. The normalized spacial score (nSPS) is 18.8. The first-order valence-corrected chi connectivity index (χ1v) is 12.7. The number of aryl methyl sites for hydroxylation is 2. The van der Waals surface area contributed by atoms with Gasteiger partial charge in [-0.2, -0.15) is 9.40 Å². The van der Waals surface area contributed by atoms with E-state index >= 15 is 0 Å². The largest absolute Gasteiger partial charge is 0.271 e.